The van der Waals surface area contributed by atoms with Gasteiger partial charge in [0.15, 0.2) is 0 Å². The van der Waals surface area contributed by atoms with E-state index >= 15 is 0 Å². The summed E-state index contributed by atoms with van der Waals surface area (Å²) in [6, 6.07) is 10.3. The number of amides is 1. The maximum atomic E-state index is 12.1. The van der Waals surface area contributed by atoms with Gasteiger partial charge in [-0.05, 0) is 31.0 Å². The Kier molecular flexibility index (Phi) is 3.91. The minimum Gasteiger partial charge on any atom is -0.495 e. The van der Waals surface area contributed by atoms with Crippen LogP contribution in [0.4, 0.5) is 5.69 Å². The zero-order chi connectivity index (χ0) is 15.5. The topological polar surface area (TPSA) is 73.2 Å². The molecule has 22 heavy (non-hydrogen) atoms. The van der Waals surface area contributed by atoms with E-state index in [1.54, 1.807) is 24.3 Å². The van der Waals surface area contributed by atoms with E-state index in [0.717, 1.165) is 18.5 Å². The highest BCUT2D eigenvalue weighted by Gasteiger charge is 2.25. The number of hydrogen-bond donors (Lipinski definition) is 1. The van der Waals surface area contributed by atoms with Gasteiger partial charge in [-0.3, -0.25) is 9.59 Å². The van der Waals surface area contributed by atoms with E-state index in [1.165, 1.54) is 17.9 Å². The van der Waals surface area contributed by atoms with E-state index in [9.17, 15) is 9.59 Å². The van der Waals surface area contributed by atoms with Gasteiger partial charge in [-0.1, -0.05) is 12.1 Å². The molecule has 0 atom stereocenters. The number of benzene rings is 1. The lowest BCUT2D eigenvalue weighted by Crippen LogP contribution is -2.29. The number of nitrogens with zero attached hydrogens (tertiary/aromatic N) is 2. The molecular formula is C16H17N3O3. The predicted molar refractivity (Wildman–Crippen MR) is 82.1 cm³/mol. The van der Waals surface area contributed by atoms with Crippen molar-refractivity contribution in [1.82, 2.24) is 9.78 Å². The third-order valence-corrected chi connectivity index (χ3v) is 3.56. The zero-order valence-electron chi connectivity index (χ0n) is 12.3. The quantitative estimate of drug-likeness (QED) is 0.913. The summed E-state index contributed by atoms with van der Waals surface area (Å²) in [5.74, 6) is 0.694. The molecule has 1 saturated carbocycles. The van der Waals surface area contributed by atoms with Gasteiger partial charge in [0, 0.05) is 12.0 Å². The molecule has 1 aromatic carbocycles. The fourth-order valence-electron chi connectivity index (χ4n) is 2.25. The Labute approximate surface area is 127 Å². The predicted octanol–water partition coefficient (Wildman–Crippen LogP) is 1.77. The first kappa shape index (κ1) is 14.3. The summed E-state index contributed by atoms with van der Waals surface area (Å²) < 4.78 is 6.39. The van der Waals surface area contributed by atoms with Crippen molar-refractivity contribution in [2.24, 2.45) is 0 Å². The zero-order valence-corrected chi connectivity index (χ0v) is 12.3. The third-order valence-electron chi connectivity index (χ3n) is 3.56. The number of anilines is 1. The van der Waals surface area contributed by atoms with E-state index < -0.39 is 0 Å². The van der Waals surface area contributed by atoms with Crippen LogP contribution < -0.4 is 15.6 Å². The summed E-state index contributed by atoms with van der Waals surface area (Å²) in [6.07, 6.45) is 2.19. The van der Waals surface area contributed by atoms with Crippen molar-refractivity contribution in [2.75, 3.05) is 12.4 Å². The van der Waals surface area contributed by atoms with Crippen LogP contribution in [0.2, 0.25) is 0 Å². The molecule has 3 rings (SSSR count). The molecular weight excluding hydrogens is 282 g/mol. The number of methoxy groups -OCH3 is 1. The van der Waals surface area contributed by atoms with Crippen molar-refractivity contribution < 1.29 is 9.53 Å². The Bertz CT molecular complexity index is 750. The molecule has 0 spiro atoms. The number of hydrogen-bond acceptors (Lipinski definition) is 4. The monoisotopic (exact) mass is 299 g/mol. The average molecular weight is 299 g/mol. The van der Waals surface area contributed by atoms with Crippen LogP contribution >= 0.6 is 0 Å². The first-order valence-electron chi connectivity index (χ1n) is 7.18. The van der Waals surface area contributed by atoms with Crippen LogP contribution in [-0.2, 0) is 11.3 Å². The van der Waals surface area contributed by atoms with Crippen LogP contribution in [0.15, 0.2) is 41.2 Å². The van der Waals surface area contributed by atoms with Crippen molar-refractivity contribution in [2.45, 2.75) is 25.3 Å². The molecule has 0 radical (unpaired) electrons. The molecule has 0 saturated heterocycles. The van der Waals surface area contributed by atoms with Gasteiger partial charge in [0.05, 0.1) is 18.5 Å². The first-order valence-corrected chi connectivity index (χ1v) is 7.18. The number of ether oxygens (including phenoxy) is 1. The fourth-order valence-corrected chi connectivity index (χ4v) is 2.25. The molecule has 1 aliphatic carbocycles. The van der Waals surface area contributed by atoms with E-state index in [0.29, 0.717) is 17.4 Å². The number of para-hydroxylation sites is 2. The second-order valence-electron chi connectivity index (χ2n) is 5.28. The molecule has 6 nitrogen and oxygen atoms in total. The summed E-state index contributed by atoms with van der Waals surface area (Å²) >= 11 is 0. The van der Waals surface area contributed by atoms with E-state index in [4.69, 9.17) is 4.74 Å². The minimum atomic E-state index is -0.313. The highest BCUT2D eigenvalue weighted by Crippen LogP contribution is 2.38. The average Bonchev–Trinajstić information content (AvgIpc) is 3.35. The molecule has 1 heterocycles. The van der Waals surface area contributed by atoms with Crippen LogP contribution in [0.5, 0.6) is 5.75 Å². The number of carbonyl (C=O) groups excluding carboxylic acids is 1. The SMILES string of the molecule is COc1ccccc1NC(=O)Cn1nc(C2CC2)ccc1=O. The molecule has 114 valence electrons. The largest absolute Gasteiger partial charge is 0.495 e. The summed E-state index contributed by atoms with van der Waals surface area (Å²) in [6.45, 7) is -0.114. The van der Waals surface area contributed by atoms with Crippen LogP contribution in [0, 0.1) is 0 Å². The second-order valence-corrected chi connectivity index (χ2v) is 5.28. The Morgan fingerprint density at radius 2 is 2.09 bits per heavy atom. The molecule has 0 unspecified atom stereocenters. The standard InChI is InChI=1S/C16H17N3O3/c1-22-14-5-3-2-4-13(14)17-15(20)10-19-16(21)9-8-12(18-19)11-6-7-11/h2-5,8-9,11H,6-7,10H2,1H3,(H,17,20). The molecule has 0 aliphatic heterocycles. The van der Waals surface area contributed by atoms with Crippen LogP contribution in [-0.4, -0.2) is 22.8 Å². The van der Waals surface area contributed by atoms with Gasteiger partial charge in [-0.15, -0.1) is 0 Å². The highest BCUT2D eigenvalue weighted by atomic mass is 16.5. The lowest BCUT2D eigenvalue weighted by atomic mass is 10.3. The molecule has 6 heteroatoms. The first-order chi connectivity index (χ1) is 10.7. The van der Waals surface area contributed by atoms with E-state index in [1.807, 2.05) is 6.07 Å². The summed E-state index contributed by atoms with van der Waals surface area (Å²) in [5, 5.41) is 7.01. The number of aromatic nitrogens is 2. The molecule has 1 aromatic heterocycles. The smallest absolute Gasteiger partial charge is 0.267 e. The molecule has 1 fully saturated rings. The van der Waals surface area contributed by atoms with Gasteiger partial charge in [0.25, 0.3) is 5.56 Å². The molecule has 0 bridgehead atoms. The number of nitrogens with one attached hydrogen (secondary N) is 1. The summed E-state index contributed by atoms with van der Waals surface area (Å²) in [7, 11) is 1.54. The maximum absolute atomic E-state index is 12.1. The lowest BCUT2D eigenvalue weighted by Gasteiger charge is -2.10. The summed E-state index contributed by atoms with van der Waals surface area (Å²) in [5.41, 5.74) is 1.17. The Balaban J connectivity index is 1.74. The van der Waals surface area contributed by atoms with Gasteiger partial charge >= 0.3 is 0 Å². The molecule has 2 aromatic rings. The summed E-state index contributed by atoms with van der Waals surface area (Å²) in [4.78, 5) is 24.0. The van der Waals surface area contributed by atoms with Crippen LogP contribution in [0.3, 0.4) is 0 Å². The van der Waals surface area contributed by atoms with Crippen molar-refractivity contribution in [3.63, 3.8) is 0 Å². The van der Waals surface area contributed by atoms with Gasteiger partial charge in [0.1, 0.15) is 12.3 Å². The fraction of sp³-hybridized carbons (Fsp3) is 0.312. The highest BCUT2D eigenvalue weighted by molar-refractivity contribution is 5.92. The van der Waals surface area contributed by atoms with Gasteiger partial charge in [-0.25, -0.2) is 4.68 Å². The normalized spacial score (nSPS) is 13.7. The maximum Gasteiger partial charge on any atom is 0.267 e. The van der Waals surface area contributed by atoms with Crippen molar-refractivity contribution in [3.8, 4) is 5.75 Å². The van der Waals surface area contributed by atoms with Crippen molar-refractivity contribution in [3.05, 3.63) is 52.4 Å². The number of rotatable bonds is 5. The lowest BCUT2D eigenvalue weighted by molar-refractivity contribution is -0.117. The van der Waals surface area contributed by atoms with E-state index in [2.05, 4.69) is 10.4 Å². The van der Waals surface area contributed by atoms with Crippen molar-refractivity contribution >= 4 is 11.6 Å². The van der Waals surface area contributed by atoms with E-state index in [-0.39, 0.29) is 18.0 Å². The molecule has 1 aliphatic rings. The van der Waals surface area contributed by atoms with Gasteiger partial charge in [0.2, 0.25) is 5.91 Å². The third kappa shape index (κ3) is 3.16. The van der Waals surface area contributed by atoms with Crippen LogP contribution in [0.25, 0.3) is 0 Å². The Hall–Kier alpha value is -2.63. The number of carbonyl (C=O) groups is 1. The van der Waals surface area contributed by atoms with Crippen molar-refractivity contribution in [1.29, 1.82) is 0 Å². The second kappa shape index (κ2) is 6.01. The van der Waals surface area contributed by atoms with Gasteiger partial charge in [-0.2, -0.15) is 5.10 Å². The molecule has 1 amide bonds. The Morgan fingerprint density at radius 3 is 2.82 bits per heavy atom. The van der Waals surface area contributed by atoms with Crippen LogP contribution in [0.1, 0.15) is 24.5 Å². The Morgan fingerprint density at radius 1 is 1.32 bits per heavy atom. The minimum absolute atomic E-state index is 0.114. The molecule has 1 N–H and O–H groups in total. The van der Waals surface area contributed by atoms with Gasteiger partial charge < -0.3 is 10.1 Å².